The Morgan fingerprint density at radius 1 is 1.20 bits per heavy atom. The Balaban J connectivity index is 1.71. The Hall–Kier alpha value is -4.22. The first kappa shape index (κ1) is 23.9. The number of hydrogen-bond donors (Lipinski definition) is 2. The number of amides is 3. The molecule has 12 heteroatoms. The Bertz CT molecular complexity index is 1240. The van der Waals surface area contributed by atoms with Crippen LogP contribution in [0.3, 0.4) is 0 Å². The summed E-state index contributed by atoms with van der Waals surface area (Å²) in [6, 6.07) is 7.01. The van der Waals surface area contributed by atoms with Crippen LogP contribution in [0.4, 0.5) is 22.0 Å². The highest BCUT2D eigenvalue weighted by molar-refractivity contribution is 6.00. The number of nitrogens with zero attached hydrogens (tertiary/aromatic N) is 7. The molecule has 2 N–H and O–H groups in total. The molecule has 3 heterocycles. The third-order valence-corrected chi connectivity index (χ3v) is 5.51. The van der Waals surface area contributed by atoms with Gasteiger partial charge in [-0.2, -0.15) is 5.10 Å². The molecule has 1 aliphatic rings. The lowest BCUT2D eigenvalue weighted by Gasteiger charge is -2.20. The van der Waals surface area contributed by atoms with Crippen molar-refractivity contribution in [3.05, 3.63) is 36.3 Å². The smallest absolute Gasteiger partial charge is 0.325 e. The fraction of sp³-hybridized carbons (Fsp3) is 0.391. The van der Waals surface area contributed by atoms with Crippen molar-refractivity contribution in [1.82, 2.24) is 35.2 Å². The number of carbonyl (C=O) groups is 2. The zero-order valence-corrected chi connectivity index (χ0v) is 20.4. The van der Waals surface area contributed by atoms with E-state index in [-0.39, 0.29) is 11.7 Å². The van der Waals surface area contributed by atoms with Gasteiger partial charge in [0.05, 0.1) is 24.0 Å². The average molecular weight is 480 g/mol. The molecule has 1 aliphatic heterocycles. The van der Waals surface area contributed by atoms with Gasteiger partial charge in [-0.3, -0.25) is 14.4 Å². The maximum atomic E-state index is 12.9. The number of ether oxygens (including phenoxy) is 1. The van der Waals surface area contributed by atoms with Crippen LogP contribution in [0.1, 0.15) is 24.3 Å². The van der Waals surface area contributed by atoms with E-state index < -0.39 is 5.91 Å². The van der Waals surface area contributed by atoms with Crippen LogP contribution in [0.2, 0.25) is 0 Å². The van der Waals surface area contributed by atoms with Gasteiger partial charge < -0.3 is 20.3 Å². The topological polar surface area (TPSA) is 130 Å². The predicted molar refractivity (Wildman–Crippen MR) is 131 cm³/mol. The van der Waals surface area contributed by atoms with Gasteiger partial charge in [-0.1, -0.05) is 19.9 Å². The normalized spacial score (nSPS) is 13.5. The van der Waals surface area contributed by atoms with E-state index in [1.807, 2.05) is 18.2 Å². The summed E-state index contributed by atoms with van der Waals surface area (Å²) >= 11 is 0. The van der Waals surface area contributed by atoms with Gasteiger partial charge in [0, 0.05) is 39.8 Å². The van der Waals surface area contributed by atoms with E-state index in [1.54, 1.807) is 41.0 Å². The Kier molecular flexibility index (Phi) is 6.80. The maximum Gasteiger partial charge on any atom is 0.325 e. The largest absolute Gasteiger partial charge is 0.494 e. The van der Waals surface area contributed by atoms with Crippen molar-refractivity contribution in [3.8, 4) is 17.1 Å². The first-order valence-electron chi connectivity index (χ1n) is 11.3. The number of urea groups is 1. The molecule has 0 bridgehead atoms. The van der Waals surface area contributed by atoms with Crippen molar-refractivity contribution in [2.75, 3.05) is 44.0 Å². The van der Waals surface area contributed by atoms with E-state index >= 15 is 0 Å². The highest BCUT2D eigenvalue weighted by Gasteiger charge is 2.32. The van der Waals surface area contributed by atoms with Crippen molar-refractivity contribution >= 4 is 29.1 Å². The molecule has 35 heavy (non-hydrogen) atoms. The molecule has 0 aliphatic carbocycles. The molecule has 1 saturated heterocycles. The van der Waals surface area contributed by atoms with Crippen LogP contribution in [0.25, 0.3) is 11.4 Å². The number of para-hydroxylation sites is 1. The minimum absolute atomic E-state index is 0.0883. The third kappa shape index (κ3) is 4.86. The van der Waals surface area contributed by atoms with Gasteiger partial charge in [0.15, 0.2) is 23.1 Å². The van der Waals surface area contributed by atoms with Crippen molar-refractivity contribution in [2.24, 2.45) is 13.0 Å². The van der Waals surface area contributed by atoms with Gasteiger partial charge in [-0.05, 0) is 18.1 Å². The summed E-state index contributed by atoms with van der Waals surface area (Å²) in [6.07, 6.45) is 1.60. The zero-order valence-electron chi connectivity index (χ0n) is 20.4. The average Bonchev–Trinajstić information content (AvgIpc) is 3.43. The second kappa shape index (κ2) is 9.95. The van der Waals surface area contributed by atoms with Gasteiger partial charge >= 0.3 is 6.03 Å². The third-order valence-electron chi connectivity index (χ3n) is 5.51. The van der Waals surface area contributed by atoms with Crippen molar-refractivity contribution in [1.29, 1.82) is 0 Å². The Labute approximate surface area is 203 Å². The molecule has 0 unspecified atom stereocenters. The van der Waals surface area contributed by atoms with Gasteiger partial charge in [0.25, 0.3) is 5.91 Å². The molecule has 0 atom stereocenters. The van der Waals surface area contributed by atoms with Crippen LogP contribution in [0.5, 0.6) is 5.75 Å². The molecule has 1 fully saturated rings. The molecule has 1 aromatic carbocycles. The quantitative estimate of drug-likeness (QED) is 0.503. The van der Waals surface area contributed by atoms with Crippen LogP contribution in [0.15, 0.2) is 30.6 Å². The summed E-state index contributed by atoms with van der Waals surface area (Å²) in [5.41, 5.74) is 1.73. The summed E-state index contributed by atoms with van der Waals surface area (Å²) in [7, 11) is 4.85. The number of anilines is 3. The van der Waals surface area contributed by atoms with Crippen LogP contribution in [0, 0.1) is 5.92 Å². The SMILES string of the molecule is CNC(=O)c1nnc(N2CCN(CC(C)C)C2=O)cc1Nc1cccc(-c2ncn(C)n2)c1OC. The van der Waals surface area contributed by atoms with E-state index in [9.17, 15) is 9.59 Å². The first-order chi connectivity index (χ1) is 16.8. The molecule has 0 saturated carbocycles. The lowest BCUT2D eigenvalue weighted by Crippen LogP contribution is -2.34. The van der Waals surface area contributed by atoms with Gasteiger partial charge in [-0.15, -0.1) is 10.2 Å². The number of carbonyl (C=O) groups excluding carboxylic acids is 2. The summed E-state index contributed by atoms with van der Waals surface area (Å²) in [5.74, 6) is 1.30. The number of hydrogen-bond acceptors (Lipinski definition) is 8. The molecule has 4 rings (SSSR count). The fourth-order valence-electron chi connectivity index (χ4n) is 3.94. The summed E-state index contributed by atoms with van der Waals surface area (Å²) < 4.78 is 7.28. The van der Waals surface area contributed by atoms with Gasteiger partial charge in [0.2, 0.25) is 0 Å². The summed E-state index contributed by atoms with van der Waals surface area (Å²) in [6.45, 7) is 5.89. The highest BCUT2D eigenvalue weighted by atomic mass is 16.5. The lowest BCUT2D eigenvalue weighted by atomic mass is 10.1. The van der Waals surface area contributed by atoms with Crippen molar-refractivity contribution in [2.45, 2.75) is 13.8 Å². The molecule has 184 valence electrons. The molecule has 0 spiro atoms. The van der Waals surface area contributed by atoms with E-state index in [2.05, 4.69) is 44.8 Å². The molecule has 12 nitrogen and oxygen atoms in total. The molecular weight excluding hydrogens is 450 g/mol. The zero-order chi connectivity index (χ0) is 25.1. The monoisotopic (exact) mass is 479 g/mol. The summed E-state index contributed by atoms with van der Waals surface area (Å²) in [5, 5.41) is 18.5. The Morgan fingerprint density at radius 2 is 2.00 bits per heavy atom. The van der Waals surface area contributed by atoms with Crippen LogP contribution in [-0.4, -0.2) is 75.6 Å². The van der Waals surface area contributed by atoms with E-state index in [1.165, 1.54) is 7.05 Å². The standard InChI is InChI=1S/C23H29N9O3/c1-14(2)12-31-9-10-32(23(31)34)18-11-17(19(28-27-18)22(33)24-3)26-16-8-6-7-15(20(16)35-5)21-25-13-30(4)29-21/h6-8,11,13-14H,9-10,12H2,1-5H3,(H,24,33)(H,26,27). The highest BCUT2D eigenvalue weighted by Crippen LogP contribution is 2.37. The Morgan fingerprint density at radius 3 is 2.66 bits per heavy atom. The minimum atomic E-state index is -0.415. The van der Waals surface area contributed by atoms with Crippen molar-refractivity contribution in [3.63, 3.8) is 0 Å². The number of aromatic nitrogens is 5. The van der Waals surface area contributed by atoms with E-state index in [0.717, 1.165) is 0 Å². The molecule has 0 radical (unpaired) electrons. The minimum Gasteiger partial charge on any atom is -0.494 e. The van der Waals surface area contributed by atoms with Gasteiger partial charge in [0.1, 0.15) is 6.33 Å². The molecule has 3 aromatic rings. The molecule has 2 aromatic heterocycles. The number of methoxy groups -OCH3 is 1. The summed E-state index contributed by atoms with van der Waals surface area (Å²) in [4.78, 5) is 33.2. The van der Waals surface area contributed by atoms with Crippen LogP contribution >= 0.6 is 0 Å². The van der Waals surface area contributed by atoms with E-state index in [0.29, 0.717) is 59.9 Å². The van der Waals surface area contributed by atoms with Crippen LogP contribution < -0.4 is 20.3 Å². The van der Waals surface area contributed by atoms with E-state index in [4.69, 9.17) is 4.74 Å². The fourth-order valence-corrected chi connectivity index (χ4v) is 3.94. The second-order valence-electron chi connectivity index (χ2n) is 8.57. The number of benzene rings is 1. The maximum absolute atomic E-state index is 12.9. The first-order valence-corrected chi connectivity index (χ1v) is 11.3. The van der Waals surface area contributed by atoms with Crippen molar-refractivity contribution < 1.29 is 14.3 Å². The number of aryl methyl sites for hydroxylation is 1. The van der Waals surface area contributed by atoms with Gasteiger partial charge in [-0.25, -0.2) is 9.78 Å². The second-order valence-corrected chi connectivity index (χ2v) is 8.57. The van der Waals surface area contributed by atoms with Crippen LogP contribution in [-0.2, 0) is 7.05 Å². The molecular formula is C23H29N9O3. The molecule has 3 amide bonds. The predicted octanol–water partition coefficient (Wildman–Crippen LogP) is 2.28. The lowest BCUT2D eigenvalue weighted by molar-refractivity contribution is 0.0958. The number of nitrogens with one attached hydrogen (secondary N) is 2. The number of rotatable bonds is 8.